The summed E-state index contributed by atoms with van der Waals surface area (Å²) >= 11 is 5.30. The van der Waals surface area contributed by atoms with Crippen molar-refractivity contribution in [3.63, 3.8) is 0 Å². The molecule has 1 unspecified atom stereocenters. The molecule has 0 amide bonds. The Kier molecular flexibility index (Phi) is 2.74. The summed E-state index contributed by atoms with van der Waals surface area (Å²) in [7, 11) is 0. The summed E-state index contributed by atoms with van der Waals surface area (Å²) in [6, 6.07) is 4.30. The van der Waals surface area contributed by atoms with Crippen LogP contribution >= 0.6 is 27.3 Å². The van der Waals surface area contributed by atoms with Gasteiger partial charge in [-0.3, -0.25) is 0 Å². The van der Waals surface area contributed by atoms with Crippen molar-refractivity contribution in [2.75, 3.05) is 19.6 Å². The van der Waals surface area contributed by atoms with Crippen LogP contribution in [0.2, 0.25) is 0 Å². The molecular weight excluding hydrogens is 248 g/mol. The zero-order valence-corrected chi connectivity index (χ0v) is 9.96. The van der Waals surface area contributed by atoms with Gasteiger partial charge in [-0.15, -0.1) is 11.3 Å². The van der Waals surface area contributed by atoms with E-state index in [9.17, 15) is 0 Å². The lowest BCUT2D eigenvalue weighted by Crippen LogP contribution is -2.54. The van der Waals surface area contributed by atoms with Crippen molar-refractivity contribution in [1.29, 1.82) is 0 Å². The summed E-state index contributed by atoms with van der Waals surface area (Å²) in [5.41, 5.74) is 0.120. The highest BCUT2D eigenvalue weighted by molar-refractivity contribution is 9.11. The van der Waals surface area contributed by atoms with E-state index in [1.165, 1.54) is 8.66 Å². The number of hydrogen-bond acceptors (Lipinski definition) is 3. The lowest BCUT2D eigenvalue weighted by molar-refractivity contribution is 0.308. The molecule has 13 heavy (non-hydrogen) atoms. The number of nitrogens with one attached hydrogen (secondary N) is 2. The van der Waals surface area contributed by atoms with Gasteiger partial charge >= 0.3 is 0 Å². The Morgan fingerprint density at radius 2 is 2.31 bits per heavy atom. The normalized spacial score (nSPS) is 29.1. The van der Waals surface area contributed by atoms with Crippen molar-refractivity contribution in [1.82, 2.24) is 10.6 Å². The highest BCUT2D eigenvalue weighted by Gasteiger charge is 2.29. The van der Waals surface area contributed by atoms with Crippen LogP contribution in [0.1, 0.15) is 11.8 Å². The average Bonchev–Trinajstić information content (AvgIpc) is 2.54. The minimum absolute atomic E-state index is 0.120. The van der Waals surface area contributed by atoms with Gasteiger partial charge in [-0.1, -0.05) is 0 Å². The molecular formula is C9H13BrN2S. The summed E-state index contributed by atoms with van der Waals surface area (Å²) in [6.07, 6.45) is 0. The Balaban J connectivity index is 2.22. The largest absolute Gasteiger partial charge is 0.313 e. The van der Waals surface area contributed by atoms with Crippen molar-refractivity contribution in [3.05, 3.63) is 20.8 Å². The van der Waals surface area contributed by atoms with Gasteiger partial charge in [0.1, 0.15) is 0 Å². The molecule has 0 saturated carbocycles. The van der Waals surface area contributed by atoms with E-state index in [0.717, 1.165) is 19.6 Å². The second kappa shape index (κ2) is 3.69. The fourth-order valence-electron chi connectivity index (χ4n) is 1.61. The first-order valence-electron chi connectivity index (χ1n) is 4.42. The summed E-state index contributed by atoms with van der Waals surface area (Å²) in [5.74, 6) is 0. The molecule has 0 spiro atoms. The Bertz CT molecular complexity index is 292. The van der Waals surface area contributed by atoms with Gasteiger partial charge in [-0.05, 0) is 35.0 Å². The fraction of sp³-hybridized carbons (Fsp3) is 0.556. The topological polar surface area (TPSA) is 24.1 Å². The molecule has 4 heteroatoms. The van der Waals surface area contributed by atoms with E-state index in [4.69, 9.17) is 0 Å². The van der Waals surface area contributed by atoms with Crippen LogP contribution in [0.4, 0.5) is 0 Å². The lowest BCUT2D eigenvalue weighted by Gasteiger charge is -2.34. The van der Waals surface area contributed by atoms with E-state index < -0.39 is 0 Å². The van der Waals surface area contributed by atoms with Crippen LogP contribution in [0.3, 0.4) is 0 Å². The summed E-state index contributed by atoms with van der Waals surface area (Å²) in [5, 5.41) is 6.96. The van der Waals surface area contributed by atoms with E-state index in [-0.39, 0.29) is 5.54 Å². The van der Waals surface area contributed by atoms with Gasteiger partial charge in [0, 0.05) is 24.5 Å². The third-order valence-corrected chi connectivity index (χ3v) is 4.30. The summed E-state index contributed by atoms with van der Waals surface area (Å²) in [6.45, 7) is 5.38. The molecule has 1 aliphatic heterocycles. The molecule has 0 aromatic carbocycles. The molecule has 1 aromatic heterocycles. The standard InChI is InChI=1S/C9H13BrN2S/c1-9(6-11-4-5-12-9)7-2-3-8(10)13-7/h2-3,11-12H,4-6H2,1H3. The highest BCUT2D eigenvalue weighted by atomic mass is 79.9. The van der Waals surface area contributed by atoms with Gasteiger partial charge in [0.05, 0.1) is 9.33 Å². The van der Waals surface area contributed by atoms with Crippen LogP contribution in [-0.4, -0.2) is 19.6 Å². The molecule has 2 heterocycles. The van der Waals surface area contributed by atoms with Crippen LogP contribution in [0, 0.1) is 0 Å². The van der Waals surface area contributed by atoms with Gasteiger partial charge in [0.2, 0.25) is 0 Å². The third kappa shape index (κ3) is 1.96. The van der Waals surface area contributed by atoms with Crippen LogP contribution in [0.25, 0.3) is 0 Å². The van der Waals surface area contributed by atoms with E-state index >= 15 is 0 Å². The smallest absolute Gasteiger partial charge is 0.0702 e. The maximum atomic E-state index is 3.55. The van der Waals surface area contributed by atoms with Crippen molar-refractivity contribution >= 4 is 27.3 Å². The Labute approximate surface area is 90.9 Å². The number of halogens is 1. The molecule has 0 bridgehead atoms. The average molecular weight is 261 g/mol. The molecule has 1 aromatic rings. The number of hydrogen-bond donors (Lipinski definition) is 2. The van der Waals surface area contributed by atoms with Crippen LogP contribution in [0.5, 0.6) is 0 Å². The molecule has 1 atom stereocenters. The number of piperazine rings is 1. The lowest BCUT2D eigenvalue weighted by atomic mass is 9.98. The monoisotopic (exact) mass is 260 g/mol. The van der Waals surface area contributed by atoms with Crippen LogP contribution < -0.4 is 10.6 Å². The van der Waals surface area contributed by atoms with Gasteiger partial charge < -0.3 is 10.6 Å². The predicted octanol–water partition coefficient (Wildman–Crippen LogP) is 1.92. The highest BCUT2D eigenvalue weighted by Crippen LogP contribution is 2.31. The minimum Gasteiger partial charge on any atom is -0.313 e. The van der Waals surface area contributed by atoms with Gasteiger partial charge in [0.25, 0.3) is 0 Å². The molecule has 72 valence electrons. The quantitative estimate of drug-likeness (QED) is 0.807. The first-order valence-corrected chi connectivity index (χ1v) is 6.03. The van der Waals surface area contributed by atoms with E-state index in [0.29, 0.717) is 0 Å². The number of thiophene rings is 1. The van der Waals surface area contributed by atoms with Gasteiger partial charge in [-0.2, -0.15) is 0 Å². The van der Waals surface area contributed by atoms with Gasteiger partial charge in [0.15, 0.2) is 0 Å². The fourth-order valence-corrected chi connectivity index (χ4v) is 3.12. The zero-order chi connectivity index (χ0) is 9.31. The number of rotatable bonds is 1. The SMILES string of the molecule is CC1(c2ccc(Br)s2)CNCCN1. The maximum Gasteiger partial charge on any atom is 0.0702 e. The van der Waals surface area contributed by atoms with Crippen molar-refractivity contribution in [3.8, 4) is 0 Å². The second-order valence-electron chi connectivity index (χ2n) is 3.54. The Hall–Kier alpha value is 0.1000. The van der Waals surface area contributed by atoms with E-state index in [2.05, 4.69) is 45.6 Å². The minimum atomic E-state index is 0.120. The van der Waals surface area contributed by atoms with Crippen molar-refractivity contribution in [2.24, 2.45) is 0 Å². The molecule has 1 saturated heterocycles. The van der Waals surface area contributed by atoms with Crippen molar-refractivity contribution < 1.29 is 0 Å². The molecule has 0 aliphatic carbocycles. The maximum absolute atomic E-state index is 3.55. The Morgan fingerprint density at radius 3 is 2.85 bits per heavy atom. The summed E-state index contributed by atoms with van der Waals surface area (Å²) in [4.78, 5) is 1.39. The molecule has 2 N–H and O–H groups in total. The molecule has 2 rings (SSSR count). The first-order chi connectivity index (χ1) is 6.21. The van der Waals surface area contributed by atoms with E-state index in [1.807, 2.05) is 11.3 Å². The van der Waals surface area contributed by atoms with Gasteiger partial charge in [-0.25, -0.2) is 0 Å². The summed E-state index contributed by atoms with van der Waals surface area (Å²) < 4.78 is 1.20. The first kappa shape index (κ1) is 9.65. The predicted molar refractivity (Wildman–Crippen MR) is 60.2 cm³/mol. The zero-order valence-electron chi connectivity index (χ0n) is 7.56. The Morgan fingerprint density at radius 1 is 1.46 bits per heavy atom. The van der Waals surface area contributed by atoms with Crippen LogP contribution in [0.15, 0.2) is 15.9 Å². The molecule has 2 nitrogen and oxygen atoms in total. The molecule has 1 fully saturated rings. The molecule has 0 radical (unpaired) electrons. The molecule has 1 aliphatic rings. The van der Waals surface area contributed by atoms with E-state index in [1.54, 1.807) is 0 Å². The second-order valence-corrected chi connectivity index (χ2v) is 6.00. The third-order valence-electron chi connectivity index (χ3n) is 2.41. The van der Waals surface area contributed by atoms with Crippen molar-refractivity contribution in [2.45, 2.75) is 12.5 Å². The van der Waals surface area contributed by atoms with Crippen LogP contribution in [-0.2, 0) is 5.54 Å².